The zero-order valence-electron chi connectivity index (χ0n) is 16.5. The van der Waals surface area contributed by atoms with Crippen molar-refractivity contribution >= 4 is 23.3 Å². The van der Waals surface area contributed by atoms with Crippen LogP contribution in [0.15, 0.2) is 60.3 Å². The predicted molar refractivity (Wildman–Crippen MR) is 113 cm³/mol. The van der Waals surface area contributed by atoms with Gasteiger partial charge in [-0.05, 0) is 30.3 Å². The number of hydrogen-bond acceptors (Lipinski definition) is 6. The lowest BCUT2D eigenvalue weighted by molar-refractivity contribution is -0.112. The molecule has 0 unspecified atom stereocenters. The van der Waals surface area contributed by atoms with E-state index in [4.69, 9.17) is 9.84 Å². The molecule has 0 bridgehead atoms. The Bertz CT molecular complexity index is 1000. The van der Waals surface area contributed by atoms with Gasteiger partial charge in [0.25, 0.3) is 5.91 Å². The molecule has 2 N–H and O–H groups in total. The van der Waals surface area contributed by atoms with Gasteiger partial charge in [-0.15, -0.1) is 0 Å². The third-order valence-electron chi connectivity index (χ3n) is 4.78. The highest BCUT2D eigenvalue weighted by Gasteiger charge is 2.20. The van der Waals surface area contributed by atoms with Crippen molar-refractivity contribution in [2.75, 3.05) is 43.5 Å². The van der Waals surface area contributed by atoms with Crippen LogP contribution in [-0.4, -0.2) is 55.2 Å². The summed E-state index contributed by atoms with van der Waals surface area (Å²) in [5.41, 5.74) is 1.35. The SMILES string of the molecule is COc1ccccc1N1CCN(/C=C(/C#N)C(=O)Nc2cccc(C(=O)O)c2)CC1. The number of para-hydroxylation sites is 2. The molecule has 2 aromatic rings. The zero-order chi connectivity index (χ0) is 21.5. The molecule has 154 valence electrons. The number of nitrogens with one attached hydrogen (secondary N) is 1. The van der Waals surface area contributed by atoms with Crippen molar-refractivity contribution in [3.8, 4) is 11.8 Å². The minimum atomic E-state index is -1.09. The molecule has 30 heavy (non-hydrogen) atoms. The average molecular weight is 406 g/mol. The minimum Gasteiger partial charge on any atom is -0.495 e. The van der Waals surface area contributed by atoms with Gasteiger partial charge in [-0.3, -0.25) is 4.79 Å². The summed E-state index contributed by atoms with van der Waals surface area (Å²) >= 11 is 0. The van der Waals surface area contributed by atoms with Crippen LogP contribution in [-0.2, 0) is 4.79 Å². The fourth-order valence-corrected chi connectivity index (χ4v) is 3.23. The standard InChI is InChI=1S/C22H22N4O4/c1-30-20-8-3-2-7-19(20)26-11-9-25(10-12-26)15-17(14-23)21(27)24-18-6-4-5-16(13-18)22(28)29/h2-8,13,15H,9-12H2,1H3,(H,24,27)(H,28,29)/b17-15-. The van der Waals surface area contributed by atoms with Crippen LogP contribution < -0.4 is 15.0 Å². The van der Waals surface area contributed by atoms with Crippen molar-refractivity contribution < 1.29 is 19.4 Å². The molecule has 0 atom stereocenters. The number of nitrogens with zero attached hydrogens (tertiary/aromatic N) is 3. The number of carbonyl (C=O) groups is 2. The molecule has 1 saturated heterocycles. The van der Waals surface area contributed by atoms with Crippen LogP contribution in [0.5, 0.6) is 5.75 Å². The maximum atomic E-state index is 12.5. The number of nitriles is 1. The smallest absolute Gasteiger partial charge is 0.335 e. The van der Waals surface area contributed by atoms with E-state index in [9.17, 15) is 14.9 Å². The molecule has 2 aromatic carbocycles. The summed E-state index contributed by atoms with van der Waals surface area (Å²) in [6.45, 7) is 2.73. The Labute approximate surface area is 174 Å². The van der Waals surface area contributed by atoms with Gasteiger partial charge in [-0.25, -0.2) is 4.79 Å². The Morgan fingerprint density at radius 1 is 1.13 bits per heavy atom. The van der Waals surface area contributed by atoms with Crippen LogP contribution >= 0.6 is 0 Å². The van der Waals surface area contributed by atoms with Gasteiger partial charge in [0.2, 0.25) is 0 Å². The molecule has 1 heterocycles. The summed E-state index contributed by atoms with van der Waals surface area (Å²) in [6.07, 6.45) is 1.55. The van der Waals surface area contributed by atoms with Crippen LogP contribution in [0, 0.1) is 11.3 Å². The molecular weight excluding hydrogens is 384 g/mol. The molecule has 1 aliphatic heterocycles. The Kier molecular flexibility index (Phi) is 6.55. The fraction of sp³-hybridized carbons (Fsp3) is 0.227. The Morgan fingerprint density at radius 2 is 1.87 bits per heavy atom. The Balaban J connectivity index is 1.64. The van der Waals surface area contributed by atoms with E-state index in [0.717, 1.165) is 24.5 Å². The molecule has 1 amide bonds. The van der Waals surface area contributed by atoms with Gasteiger partial charge >= 0.3 is 5.97 Å². The van der Waals surface area contributed by atoms with Crippen molar-refractivity contribution in [3.05, 3.63) is 65.9 Å². The van der Waals surface area contributed by atoms with Crippen molar-refractivity contribution in [2.45, 2.75) is 0 Å². The molecule has 1 fully saturated rings. The number of rotatable bonds is 6. The quantitative estimate of drug-likeness (QED) is 0.561. The van der Waals surface area contributed by atoms with Crippen LogP contribution in [0.3, 0.4) is 0 Å². The summed E-state index contributed by atoms with van der Waals surface area (Å²) in [6, 6.07) is 15.6. The van der Waals surface area contributed by atoms with Gasteiger partial charge in [0.05, 0.1) is 18.4 Å². The van der Waals surface area contributed by atoms with E-state index in [2.05, 4.69) is 10.2 Å². The number of anilines is 2. The second-order valence-corrected chi connectivity index (χ2v) is 6.69. The van der Waals surface area contributed by atoms with Crippen LogP contribution in [0.1, 0.15) is 10.4 Å². The second-order valence-electron chi connectivity index (χ2n) is 6.69. The van der Waals surface area contributed by atoms with Crippen molar-refractivity contribution in [1.82, 2.24) is 4.90 Å². The van der Waals surface area contributed by atoms with Gasteiger partial charge in [-0.2, -0.15) is 5.26 Å². The van der Waals surface area contributed by atoms with Crippen molar-refractivity contribution in [1.29, 1.82) is 5.26 Å². The zero-order valence-corrected chi connectivity index (χ0v) is 16.5. The highest BCUT2D eigenvalue weighted by Crippen LogP contribution is 2.28. The number of benzene rings is 2. The molecule has 0 radical (unpaired) electrons. The van der Waals surface area contributed by atoms with E-state index in [1.165, 1.54) is 18.2 Å². The molecular formula is C22H22N4O4. The highest BCUT2D eigenvalue weighted by atomic mass is 16.5. The summed E-state index contributed by atoms with van der Waals surface area (Å²) in [5.74, 6) is -0.857. The molecule has 8 heteroatoms. The number of carboxylic acids is 1. The monoisotopic (exact) mass is 406 g/mol. The van der Waals surface area contributed by atoms with Crippen molar-refractivity contribution in [3.63, 3.8) is 0 Å². The summed E-state index contributed by atoms with van der Waals surface area (Å²) in [4.78, 5) is 27.7. The number of carbonyl (C=O) groups excluding carboxylic acids is 1. The second kappa shape index (κ2) is 9.47. The Morgan fingerprint density at radius 3 is 2.53 bits per heavy atom. The third-order valence-corrected chi connectivity index (χ3v) is 4.78. The van der Waals surface area contributed by atoms with Crippen LogP contribution in [0.25, 0.3) is 0 Å². The summed E-state index contributed by atoms with van der Waals surface area (Å²) in [7, 11) is 1.64. The topological polar surface area (TPSA) is 106 Å². The lowest BCUT2D eigenvalue weighted by Crippen LogP contribution is -2.44. The number of ether oxygens (including phenoxy) is 1. The number of aromatic carboxylic acids is 1. The van der Waals surface area contributed by atoms with Gasteiger partial charge < -0.3 is 25.0 Å². The number of piperazine rings is 1. The lowest BCUT2D eigenvalue weighted by Gasteiger charge is -2.36. The molecule has 3 rings (SSSR count). The first kappa shape index (κ1) is 20.7. The first-order chi connectivity index (χ1) is 14.5. The summed E-state index contributed by atoms with van der Waals surface area (Å²) in [5, 5.41) is 21.1. The maximum absolute atomic E-state index is 12.5. The van der Waals surface area contributed by atoms with E-state index in [0.29, 0.717) is 18.8 Å². The predicted octanol–water partition coefficient (Wildman–Crippen LogP) is 2.56. The van der Waals surface area contributed by atoms with Crippen molar-refractivity contribution in [2.24, 2.45) is 0 Å². The van der Waals surface area contributed by atoms with Crippen LogP contribution in [0.2, 0.25) is 0 Å². The molecule has 8 nitrogen and oxygen atoms in total. The third kappa shape index (κ3) is 4.89. The normalized spacial score (nSPS) is 14.1. The first-order valence-electron chi connectivity index (χ1n) is 9.40. The number of methoxy groups -OCH3 is 1. The summed E-state index contributed by atoms with van der Waals surface area (Å²) < 4.78 is 5.42. The van der Waals surface area contributed by atoms with E-state index in [1.807, 2.05) is 35.2 Å². The number of hydrogen-bond donors (Lipinski definition) is 2. The largest absolute Gasteiger partial charge is 0.495 e. The number of carboxylic acid groups (broad SMARTS) is 1. The van der Waals surface area contributed by atoms with Gasteiger partial charge in [-0.1, -0.05) is 18.2 Å². The van der Waals surface area contributed by atoms with Gasteiger partial charge in [0.15, 0.2) is 0 Å². The van der Waals surface area contributed by atoms with E-state index >= 15 is 0 Å². The number of amides is 1. The molecule has 0 spiro atoms. The van der Waals surface area contributed by atoms with E-state index < -0.39 is 11.9 Å². The van der Waals surface area contributed by atoms with E-state index in [-0.39, 0.29) is 11.1 Å². The molecule has 0 aromatic heterocycles. The fourth-order valence-electron chi connectivity index (χ4n) is 3.23. The van der Waals surface area contributed by atoms with E-state index in [1.54, 1.807) is 19.4 Å². The van der Waals surface area contributed by atoms with Gasteiger partial charge in [0, 0.05) is 38.1 Å². The van der Waals surface area contributed by atoms with Crippen LogP contribution in [0.4, 0.5) is 11.4 Å². The minimum absolute atomic E-state index is 0.0403. The molecule has 1 aliphatic rings. The Hall–Kier alpha value is -3.99. The molecule has 0 aliphatic carbocycles. The maximum Gasteiger partial charge on any atom is 0.335 e. The highest BCUT2D eigenvalue weighted by molar-refractivity contribution is 6.06. The van der Waals surface area contributed by atoms with Gasteiger partial charge in [0.1, 0.15) is 17.4 Å². The molecule has 0 saturated carbocycles. The average Bonchev–Trinajstić information content (AvgIpc) is 2.78. The lowest BCUT2D eigenvalue weighted by atomic mass is 10.2. The first-order valence-corrected chi connectivity index (χ1v) is 9.40.